The van der Waals surface area contributed by atoms with E-state index in [4.69, 9.17) is 4.84 Å². The molecule has 1 heterocycles. The SMILES string of the molecule is O=C(NOC1CCC1)c1cnns1. The highest BCUT2D eigenvalue weighted by molar-refractivity contribution is 7.07. The lowest BCUT2D eigenvalue weighted by molar-refractivity contribution is -0.0506. The van der Waals surface area contributed by atoms with Crippen LogP contribution in [0.4, 0.5) is 0 Å². The molecular weight excluding hydrogens is 190 g/mol. The lowest BCUT2D eigenvalue weighted by atomic mass is 9.97. The van der Waals surface area contributed by atoms with Gasteiger partial charge in [0.25, 0.3) is 5.91 Å². The molecule has 1 saturated carbocycles. The predicted octanol–water partition coefficient (Wildman–Crippen LogP) is 0.752. The number of hydrogen-bond donors (Lipinski definition) is 1. The molecule has 0 unspecified atom stereocenters. The van der Waals surface area contributed by atoms with E-state index in [0.29, 0.717) is 4.88 Å². The summed E-state index contributed by atoms with van der Waals surface area (Å²) in [6.07, 6.45) is 4.86. The first-order valence-corrected chi connectivity index (χ1v) is 4.87. The van der Waals surface area contributed by atoms with Crippen LogP contribution in [0.3, 0.4) is 0 Å². The molecule has 5 nitrogen and oxygen atoms in total. The van der Waals surface area contributed by atoms with E-state index in [0.717, 1.165) is 24.4 Å². The number of nitrogens with zero attached hydrogens (tertiary/aromatic N) is 2. The molecule has 1 aliphatic carbocycles. The van der Waals surface area contributed by atoms with E-state index in [1.165, 1.54) is 12.6 Å². The minimum Gasteiger partial charge on any atom is -0.270 e. The van der Waals surface area contributed by atoms with Crippen LogP contribution < -0.4 is 5.48 Å². The molecule has 1 aromatic rings. The third-order valence-corrected chi connectivity index (χ3v) is 2.62. The standard InChI is InChI=1S/C7H9N3O2S/c11-7(6-4-8-10-13-6)9-12-5-2-1-3-5/h4-5H,1-3H2,(H,9,11). The van der Waals surface area contributed by atoms with Crippen LogP contribution in [0.1, 0.15) is 28.9 Å². The molecule has 13 heavy (non-hydrogen) atoms. The third kappa shape index (κ3) is 2.02. The molecule has 1 aliphatic rings. The summed E-state index contributed by atoms with van der Waals surface area (Å²) in [5.41, 5.74) is 2.38. The van der Waals surface area contributed by atoms with E-state index in [2.05, 4.69) is 15.1 Å². The van der Waals surface area contributed by atoms with Crippen LogP contribution in [0, 0.1) is 0 Å². The Hall–Kier alpha value is -1.01. The number of hydroxylamine groups is 1. The molecule has 1 amide bonds. The van der Waals surface area contributed by atoms with Gasteiger partial charge in [0.1, 0.15) is 4.88 Å². The second-order valence-corrected chi connectivity index (χ2v) is 3.67. The fraction of sp³-hybridized carbons (Fsp3) is 0.571. The molecule has 0 radical (unpaired) electrons. The maximum Gasteiger partial charge on any atom is 0.288 e. The fourth-order valence-electron chi connectivity index (χ4n) is 0.943. The van der Waals surface area contributed by atoms with Gasteiger partial charge >= 0.3 is 0 Å². The Labute approximate surface area is 79.2 Å². The van der Waals surface area contributed by atoms with Crippen LogP contribution in [0.25, 0.3) is 0 Å². The zero-order chi connectivity index (χ0) is 9.10. The van der Waals surface area contributed by atoms with Gasteiger partial charge in [-0.25, -0.2) is 5.48 Å². The topological polar surface area (TPSA) is 64.1 Å². The molecule has 0 bridgehead atoms. The van der Waals surface area contributed by atoms with E-state index in [-0.39, 0.29) is 12.0 Å². The Morgan fingerprint density at radius 1 is 1.69 bits per heavy atom. The molecule has 6 heteroatoms. The predicted molar refractivity (Wildman–Crippen MR) is 46.1 cm³/mol. The molecule has 0 aliphatic heterocycles. The quantitative estimate of drug-likeness (QED) is 0.730. The Balaban J connectivity index is 1.78. The summed E-state index contributed by atoms with van der Waals surface area (Å²) in [5, 5.41) is 3.56. The van der Waals surface area contributed by atoms with Crippen molar-refractivity contribution in [3.63, 3.8) is 0 Å². The molecule has 0 aromatic carbocycles. The summed E-state index contributed by atoms with van der Waals surface area (Å²) in [4.78, 5) is 16.8. The number of aromatic nitrogens is 2. The molecule has 0 spiro atoms. The maximum atomic E-state index is 11.2. The average molecular weight is 199 g/mol. The minimum atomic E-state index is -0.262. The lowest BCUT2D eigenvalue weighted by Crippen LogP contribution is -2.32. The van der Waals surface area contributed by atoms with Gasteiger partial charge in [0.2, 0.25) is 0 Å². The van der Waals surface area contributed by atoms with Gasteiger partial charge in [-0.3, -0.25) is 9.63 Å². The van der Waals surface area contributed by atoms with Gasteiger partial charge < -0.3 is 0 Å². The second kappa shape index (κ2) is 3.80. The van der Waals surface area contributed by atoms with Crippen LogP contribution in [0.5, 0.6) is 0 Å². The number of hydrogen-bond acceptors (Lipinski definition) is 5. The Bertz CT molecular complexity index is 284. The Kier molecular flexibility index (Phi) is 2.51. The average Bonchev–Trinajstić information content (AvgIpc) is 2.52. The fourth-order valence-corrected chi connectivity index (χ4v) is 1.34. The minimum absolute atomic E-state index is 0.199. The van der Waals surface area contributed by atoms with Crippen molar-refractivity contribution in [3.8, 4) is 0 Å². The normalized spacial score (nSPS) is 16.6. The number of nitrogens with one attached hydrogen (secondary N) is 1. The molecule has 1 N–H and O–H groups in total. The molecule has 70 valence electrons. The highest BCUT2D eigenvalue weighted by atomic mass is 32.1. The van der Waals surface area contributed by atoms with Crippen molar-refractivity contribution in [2.75, 3.05) is 0 Å². The Morgan fingerprint density at radius 3 is 3.08 bits per heavy atom. The maximum absolute atomic E-state index is 11.2. The number of carbonyl (C=O) groups is 1. The molecule has 1 fully saturated rings. The van der Waals surface area contributed by atoms with Gasteiger partial charge in [-0.15, -0.1) is 5.10 Å². The van der Waals surface area contributed by atoms with E-state index in [9.17, 15) is 4.79 Å². The summed E-state index contributed by atoms with van der Waals surface area (Å²) in [7, 11) is 0. The summed E-state index contributed by atoms with van der Waals surface area (Å²) >= 11 is 1.06. The third-order valence-electron chi connectivity index (χ3n) is 1.96. The van der Waals surface area contributed by atoms with E-state index in [1.54, 1.807) is 0 Å². The molecule has 0 atom stereocenters. The van der Waals surface area contributed by atoms with Gasteiger partial charge in [0.15, 0.2) is 0 Å². The van der Waals surface area contributed by atoms with Gasteiger partial charge in [-0.1, -0.05) is 4.49 Å². The summed E-state index contributed by atoms with van der Waals surface area (Å²) in [6.45, 7) is 0. The summed E-state index contributed by atoms with van der Waals surface area (Å²) < 4.78 is 3.58. The first-order valence-electron chi connectivity index (χ1n) is 4.09. The largest absolute Gasteiger partial charge is 0.288 e. The zero-order valence-electron chi connectivity index (χ0n) is 6.90. The van der Waals surface area contributed by atoms with Crippen molar-refractivity contribution >= 4 is 17.4 Å². The first-order chi connectivity index (χ1) is 6.36. The first kappa shape index (κ1) is 8.58. The molecular formula is C7H9N3O2S. The van der Waals surface area contributed by atoms with Gasteiger partial charge in [0.05, 0.1) is 12.3 Å². The Morgan fingerprint density at radius 2 is 2.54 bits per heavy atom. The number of rotatable bonds is 3. The van der Waals surface area contributed by atoms with Crippen LogP contribution >= 0.6 is 11.5 Å². The number of amides is 1. The molecule has 0 saturated heterocycles. The van der Waals surface area contributed by atoms with Crippen molar-refractivity contribution in [3.05, 3.63) is 11.1 Å². The van der Waals surface area contributed by atoms with E-state index >= 15 is 0 Å². The second-order valence-electron chi connectivity index (χ2n) is 2.88. The van der Waals surface area contributed by atoms with Crippen LogP contribution in [-0.4, -0.2) is 21.6 Å². The van der Waals surface area contributed by atoms with E-state index in [1.807, 2.05) is 0 Å². The smallest absolute Gasteiger partial charge is 0.270 e. The van der Waals surface area contributed by atoms with Crippen molar-refractivity contribution in [1.82, 2.24) is 15.1 Å². The van der Waals surface area contributed by atoms with Crippen molar-refractivity contribution < 1.29 is 9.63 Å². The van der Waals surface area contributed by atoms with Crippen LogP contribution in [0.15, 0.2) is 6.20 Å². The van der Waals surface area contributed by atoms with Gasteiger partial charge in [0, 0.05) is 0 Å². The van der Waals surface area contributed by atoms with Crippen molar-refractivity contribution in [1.29, 1.82) is 0 Å². The molecule has 2 rings (SSSR count). The zero-order valence-corrected chi connectivity index (χ0v) is 7.71. The van der Waals surface area contributed by atoms with Crippen molar-refractivity contribution in [2.45, 2.75) is 25.4 Å². The summed E-state index contributed by atoms with van der Waals surface area (Å²) in [5.74, 6) is -0.262. The molecule has 1 aromatic heterocycles. The summed E-state index contributed by atoms with van der Waals surface area (Å²) in [6, 6.07) is 0. The van der Waals surface area contributed by atoms with Crippen LogP contribution in [0.2, 0.25) is 0 Å². The highest BCUT2D eigenvalue weighted by Crippen LogP contribution is 2.20. The number of carbonyl (C=O) groups excluding carboxylic acids is 1. The monoisotopic (exact) mass is 199 g/mol. The van der Waals surface area contributed by atoms with Crippen molar-refractivity contribution in [2.24, 2.45) is 0 Å². The van der Waals surface area contributed by atoms with Crippen LogP contribution in [-0.2, 0) is 4.84 Å². The lowest BCUT2D eigenvalue weighted by Gasteiger charge is -2.24. The van der Waals surface area contributed by atoms with E-state index < -0.39 is 0 Å². The van der Waals surface area contributed by atoms with Gasteiger partial charge in [-0.2, -0.15) is 0 Å². The highest BCUT2D eigenvalue weighted by Gasteiger charge is 2.20. The van der Waals surface area contributed by atoms with Gasteiger partial charge in [-0.05, 0) is 30.8 Å².